The molecule has 5 heteroatoms. The predicted octanol–water partition coefficient (Wildman–Crippen LogP) is 4.39. The highest BCUT2D eigenvalue weighted by Gasteiger charge is 2.18. The maximum Gasteiger partial charge on any atom is 0.193 e. The molecule has 0 aliphatic heterocycles. The summed E-state index contributed by atoms with van der Waals surface area (Å²) in [5, 5.41) is 3.14. The van der Waals surface area contributed by atoms with Gasteiger partial charge in [-0.2, -0.15) is 0 Å². The monoisotopic (exact) mass is 380 g/mol. The average Bonchev–Trinajstić information content (AvgIpc) is 2.74. The van der Waals surface area contributed by atoms with Crippen LogP contribution < -0.4 is 15.8 Å². The van der Waals surface area contributed by atoms with Crippen molar-refractivity contribution in [3.05, 3.63) is 59.7 Å². The molecule has 0 radical (unpaired) electrons. The van der Waals surface area contributed by atoms with Crippen molar-refractivity contribution in [2.24, 2.45) is 10.7 Å². The van der Waals surface area contributed by atoms with Gasteiger partial charge in [-0.1, -0.05) is 55.7 Å². The van der Waals surface area contributed by atoms with Crippen LogP contribution in [0.1, 0.15) is 43.2 Å². The number of ether oxygens (including phenoxy) is 1. The molecule has 3 rings (SSSR count). The Morgan fingerprint density at radius 2 is 1.75 bits per heavy atom. The van der Waals surface area contributed by atoms with Gasteiger partial charge in [0.05, 0.1) is 19.3 Å². The fourth-order valence-electron chi connectivity index (χ4n) is 3.88. The summed E-state index contributed by atoms with van der Waals surface area (Å²) in [5.74, 6) is 1.13. The minimum absolute atomic E-state index is 0.389. The summed E-state index contributed by atoms with van der Waals surface area (Å²) in [5.41, 5.74) is 9.48. The lowest BCUT2D eigenvalue weighted by molar-refractivity contribution is 0.184. The summed E-state index contributed by atoms with van der Waals surface area (Å²) < 4.78 is 5.35. The number of anilines is 1. The Morgan fingerprint density at radius 1 is 1.07 bits per heavy atom. The quantitative estimate of drug-likeness (QED) is 0.552. The first-order valence-electron chi connectivity index (χ1n) is 10.1. The van der Waals surface area contributed by atoms with Gasteiger partial charge < -0.3 is 15.8 Å². The molecule has 0 bridgehead atoms. The molecule has 0 aromatic heterocycles. The topological polar surface area (TPSA) is 62.9 Å². The maximum atomic E-state index is 6.12. The lowest BCUT2D eigenvalue weighted by atomic mass is 9.94. The second kappa shape index (κ2) is 10.1. The zero-order valence-corrected chi connectivity index (χ0v) is 17.0. The van der Waals surface area contributed by atoms with E-state index in [0.29, 0.717) is 18.5 Å². The zero-order chi connectivity index (χ0) is 19.8. The third-order valence-corrected chi connectivity index (χ3v) is 5.53. The van der Waals surface area contributed by atoms with E-state index in [4.69, 9.17) is 10.5 Å². The molecule has 0 saturated heterocycles. The Morgan fingerprint density at radius 3 is 2.50 bits per heavy atom. The van der Waals surface area contributed by atoms with Crippen LogP contribution in [-0.2, 0) is 13.1 Å². The third kappa shape index (κ3) is 5.49. The SMILES string of the molecule is COc1ccccc1NC(N)=NCc1ccccc1CN(C)C1CCCCC1. The maximum absolute atomic E-state index is 6.12. The van der Waals surface area contributed by atoms with Crippen molar-refractivity contribution in [2.45, 2.75) is 51.2 Å². The number of benzene rings is 2. The van der Waals surface area contributed by atoms with Crippen molar-refractivity contribution in [3.63, 3.8) is 0 Å². The Labute approximate surface area is 168 Å². The van der Waals surface area contributed by atoms with Crippen LogP contribution in [0, 0.1) is 0 Å². The number of nitrogens with two attached hydrogens (primary N) is 1. The van der Waals surface area contributed by atoms with E-state index in [9.17, 15) is 0 Å². The largest absolute Gasteiger partial charge is 0.495 e. The number of nitrogens with one attached hydrogen (secondary N) is 1. The molecule has 0 atom stereocenters. The summed E-state index contributed by atoms with van der Waals surface area (Å²) in [6, 6.07) is 16.9. The highest BCUT2D eigenvalue weighted by atomic mass is 16.5. The van der Waals surface area contributed by atoms with E-state index in [1.54, 1.807) is 7.11 Å². The van der Waals surface area contributed by atoms with Crippen LogP contribution in [0.25, 0.3) is 0 Å². The van der Waals surface area contributed by atoms with E-state index < -0.39 is 0 Å². The van der Waals surface area contributed by atoms with Crippen molar-refractivity contribution >= 4 is 11.6 Å². The molecule has 1 saturated carbocycles. The standard InChI is InChI=1S/C23H32N4O/c1-27(20-12-4-3-5-13-20)17-19-11-7-6-10-18(19)16-25-23(24)26-21-14-8-9-15-22(21)28-2/h6-11,14-15,20H,3-5,12-13,16-17H2,1-2H3,(H3,24,25,26). The van der Waals surface area contributed by atoms with Gasteiger partial charge in [-0.25, -0.2) is 4.99 Å². The fourth-order valence-corrected chi connectivity index (χ4v) is 3.88. The minimum atomic E-state index is 0.389. The first kappa shape index (κ1) is 20.2. The highest BCUT2D eigenvalue weighted by molar-refractivity contribution is 5.93. The highest BCUT2D eigenvalue weighted by Crippen LogP contribution is 2.24. The summed E-state index contributed by atoms with van der Waals surface area (Å²) in [4.78, 5) is 7.05. The fraction of sp³-hybridized carbons (Fsp3) is 0.435. The molecule has 2 aromatic carbocycles. The van der Waals surface area contributed by atoms with Gasteiger partial charge in [-0.15, -0.1) is 0 Å². The van der Waals surface area contributed by atoms with Crippen molar-refractivity contribution in [1.29, 1.82) is 0 Å². The Bertz CT molecular complexity index is 784. The molecule has 28 heavy (non-hydrogen) atoms. The van der Waals surface area contributed by atoms with Gasteiger partial charge in [-0.3, -0.25) is 4.90 Å². The normalized spacial score (nSPS) is 15.6. The van der Waals surface area contributed by atoms with E-state index in [1.807, 2.05) is 24.3 Å². The number of hydrogen-bond acceptors (Lipinski definition) is 3. The molecule has 1 fully saturated rings. The van der Waals surface area contributed by atoms with Gasteiger partial charge >= 0.3 is 0 Å². The molecule has 0 spiro atoms. The molecule has 2 aromatic rings. The molecule has 3 N–H and O–H groups in total. The van der Waals surface area contributed by atoms with Crippen molar-refractivity contribution in [1.82, 2.24) is 4.90 Å². The summed E-state index contributed by atoms with van der Waals surface area (Å²) in [6.45, 7) is 1.51. The van der Waals surface area contributed by atoms with E-state index in [2.05, 4.69) is 46.5 Å². The molecule has 150 valence electrons. The van der Waals surface area contributed by atoms with Gasteiger partial charge in [0.2, 0.25) is 0 Å². The van der Waals surface area contributed by atoms with Crippen molar-refractivity contribution in [3.8, 4) is 5.75 Å². The number of methoxy groups -OCH3 is 1. The number of guanidine groups is 1. The van der Waals surface area contributed by atoms with Crippen LogP contribution in [0.4, 0.5) is 5.69 Å². The lowest BCUT2D eigenvalue weighted by Gasteiger charge is -2.31. The van der Waals surface area contributed by atoms with E-state index in [1.165, 1.54) is 43.2 Å². The molecule has 5 nitrogen and oxygen atoms in total. The number of rotatable bonds is 7. The number of hydrogen-bond donors (Lipinski definition) is 2. The van der Waals surface area contributed by atoms with E-state index in [0.717, 1.165) is 18.0 Å². The van der Waals surface area contributed by atoms with Crippen LogP contribution in [-0.4, -0.2) is 31.1 Å². The molecule has 1 aliphatic carbocycles. The average molecular weight is 381 g/mol. The van der Waals surface area contributed by atoms with Crippen LogP contribution in [0.5, 0.6) is 5.75 Å². The molecule has 0 amide bonds. The van der Waals surface area contributed by atoms with Crippen molar-refractivity contribution < 1.29 is 4.74 Å². The molecule has 0 heterocycles. The number of para-hydroxylation sites is 2. The molecule has 1 aliphatic rings. The summed E-state index contributed by atoms with van der Waals surface area (Å²) in [6.07, 6.45) is 6.71. The van der Waals surface area contributed by atoms with Crippen LogP contribution >= 0.6 is 0 Å². The summed E-state index contributed by atoms with van der Waals surface area (Å²) >= 11 is 0. The smallest absolute Gasteiger partial charge is 0.193 e. The van der Waals surface area contributed by atoms with Crippen LogP contribution in [0.15, 0.2) is 53.5 Å². The van der Waals surface area contributed by atoms with Gasteiger partial charge in [0, 0.05) is 12.6 Å². The van der Waals surface area contributed by atoms with Gasteiger partial charge in [0.25, 0.3) is 0 Å². The second-order valence-corrected chi connectivity index (χ2v) is 7.50. The minimum Gasteiger partial charge on any atom is -0.495 e. The van der Waals surface area contributed by atoms with Crippen molar-refractivity contribution in [2.75, 3.05) is 19.5 Å². The molecule has 0 unspecified atom stereocenters. The lowest BCUT2D eigenvalue weighted by Crippen LogP contribution is -2.33. The molecular weight excluding hydrogens is 348 g/mol. The first-order chi connectivity index (χ1) is 13.7. The van der Waals surface area contributed by atoms with E-state index in [-0.39, 0.29) is 0 Å². The first-order valence-corrected chi connectivity index (χ1v) is 10.1. The Balaban J connectivity index is 1.64. The zero-order valence-electron chi connectivity index (χ0n) is 17.0. The van der Waals surface area contributed by atoms with E-state index >= 15 is 0 Å². The van der Waals surface area contributed by atoms with Crippen LogP contribution in [0.3, 0.4) is 0 Å². The predicted molar refractivity (Wildman–Crippen MR) is 117 cm³/mol. The second-order valence-electron chi connectivity index (χ2n) is 7.50. The molecular formula is C23H32N4O. The Hall–Kier alpha value is -2.53. The summed E-state index contributed by atoms with van der Waals surface area (Å²) in [7, 11) is 3.89. The number of aliphatic imine (C=N–C) groups is 1. The van der Waals surface area contributed by atoms with Gasteiger partial charge in [0.1, 0.15) is 5.75 Å². The third-order valence-electron chi connectivity index (χ3n) is 5.53. The van der Waals surface area contributed by atoms with Crippen LogP contribution in [0.2, 0.25) is 0 Å². The number of nitrogens with zero attached hydrogens (tertiary/aromatic N) is 2. The Kier molecular flexibility index (Phi) is 7.31. The van der Waals surface area contributed by atoms with Gasteiger partial charge in [0.15, 0.2) is 5.96 Å². The van der Waals surface area contributed by atoms with Gasteiger partial charge in [-0.05, 0) is 43.1 Å².